The van der Waals surface area contributed by atoms with Crippen LogP contribution in [0.5, 0.6) is 0 Å². The Kier molecular flexibility index (Phi) is 6.73. The number of rotatable bonds is 6. The van der Waals surface area contributed by atoms with E-state index >= 15 is 0 Å². The zero-order valence-electron chi connectivity index (χ0n) is 9.08. The molecule has 0 spiro atoms. The number of halogens is 2. The monoisotopic (exact) mass is 293 g/mol. The molecule has 0 fully saturated rings. The van der Waals surface area contributed by atoms with Gasteiger partial charge in [-0.25, -0.2) is 0 Å². The van der Waals surface area contributed by atoms with Crippen LogP contribution >= 0.6 is 35.0 Å². The van der Waals surface area contributed by atoms with Gasteiger partial charge >= 0.3 is 0 Å². The summed E-state index contributed by atoms with van der Waals surface area (Å²) in [7, 11) is 0. The van der Waals surface area contributed by atoms with Crippen molar-refractivity contribution in [3.05, 3.63) is 33.8 Å². The fraction of sp³-hybridized carbons (Fsp3) is 0.364. The maximum Gasteiger partial charge on any atom is 0.230 e. The predicted molar refractivity (Wildman–Crippen MR) is 72.7 cm³/mol. The van der Waals surface area contributed by atoms with E-state index in [1.807, 2.05) is 0 Å². The molecule has 1 amide bonds. The van der Waals surface area contributed by atoms with Crippen molar-refractivity contribution in [2.75, 3.05) is 18.1 Å². The molecule has 0 saturated heterocycles. The third kappa shape index (κ3) is 5.64. The van der Waals surface area contributed by atoms with E-state index in [2.05, 4.69) is 5.32 Å². The molecule has 0 aliphatic carbocycles. The van der Waals surface area contributed by atoms with Crippen LogP contribution < -0.4 is 5.32 Å². The maximum atomic E-state index is 11.4. The van der Waals surface area contributed by atoms with Crippen molar-refractivity contribution in [3.8, 4) is 0 Å². The van der Waals surface area contributed by atoms with E-state index in [1.165, 1.54) is 11.8 Å². The summed E-state index contributed by atoms with van der Waals surface area (Å²) in [5.41, 5.74) is 0.830. The first-order chi connectivity index (χ1) is 8.13. The summed E-state index contributed by atoms with van der Waals surface area (Å²) >= 11 is 13.1. The Hall–Kier alpha value is -0.420. The van der Waals surface area contributed by atoms with Gasteiger partial charge in [0.2, 0.25) is 5.91 Å². The van der Waals surface area contributed by atoms with E-state index in [1.54, 1.807) is 18.2 Å². The average Bonchev–Trinajstić information content (AvgIpc) is 2.28. The lowest BCUT2D eigenvalue weighted by Gasteiger charge is -2.07. The van der Waals surface area contributed by atoms with Gasteiger partial charge in [-0.3, -0.25) is 4.79 Å². The van der Waals surface area contributed by atoms with Crippen molar-refractivity contribution in [1.82, 2.24) is 5.32 Å². The molecule has 94 valence electrons. The van der Waals surface area contributed by atoms with Gasteiger partial charge in [0, 0.05) is 22.3 Å². The van der Waals surface area contributed by atoms with Crippen molar-refractivity contribution in [1.29, 1.82) is 0 Å². The normalized spacial score (nSPS) is 10.3. The number of hydrogen-bond acceptors (Lipinski definition) is 3. The number of thioether (sulfide) groups is 1. The Labute approximate surface area is 114 Å². The van der Waals surface area contributed by atoms with Crippen LogP contribution in [-0.4, -0.2) is 29.1 Å². The van der Waals surface area contributed by atoms with E-state index in [0.29, 0.717) is 28.1 Å². The zero-order valence-corrected chi connectivity index (χ0v) is 11.4. The van der Waals surface area contributed by atoms with E-state index in [4.69, 9.17) is 28.3 Å². The van der Waals surface area contributed by atoms with Gasteiger partial charge in [0.05, 0.1) is 12.4 Å². The van der Waals surface area contributed by atoms with Gasteiger partial charge in [-0.15, -0.1) is 11.8 Å². The number of benzene rings is 1. The highest BCUT2D eigenvalue weighted by atomic mass is 35.5. The summed E-state index contributed by atoms with van der Waals surface area (Å²) in [6.07, 6.45) is 0. The van der Waals surface area contributed by atoms with Crippen LogP contribution in [0.1, 0.15) is 5.56 Å². The highest BCUT2D eigenvalue weighted by molar-refractivity contribution is 7.99. The minimum absolute atomic E-state index is 0.0746. The minimum atomic E-state index is -0.0746. The SMILES string of the molecule is O=C(CSCCO)NCc1ccc(Cl)cc1Cl. The quantitative estimate of drug-likeness (QED) is 0.792. The number of amides is 1. The smallest absolute Gasteiger partial charge is 0.230 e. The third-order valence-corrected chi connectivity index (χ3v) is 3.48. The first kappa shape index (κ1) is 14.6. The molecule has 0 bridgehead atoms. The number of nitrogens with one attached hydrogen (secondary N) is 1. The van der Waals surface area contributed by atoms with Crippen LogP contribution in [0.4, 0.5) is 0 Å². The molecule has 0 atom stereocenters. The molecule has 1 aromatic rings. The average molecular weight is 294 g/mol. The molecule has 0 heterocycles. The predicted octanol–water partition coefficient (Wildman–Crippen LogP) is 2.34. The van der Waals surface area contributed by atoms with E-state index < -0.39 is 0 Å². The number of aliphatic hydroxyl groups is 1. The molecule has 0 aliphatic rings. The van der Waals surface area contributed by atoms with Crippen LogP contribution in [0.3, 0.4) is 0 Å². The Morgan fingerprint density at radius 1 is 1.41 bits per heavy atom. The highest BCUT2D eigenvalue weighted by Gasteiger charge is 2.04. The molecule has 0 unspecified atom stereocenters. The maximum absolute atomic E-state index is 11.4. The fourth-order valence-corrected chi connectivity index (χ4v) is 2.18. The van der Waals surface area contributed by atoms with Crippen LogP contribution in [0.25, 0.3) is 0 Å². The van der Waals surface area contributed by atoms with Crippen LogP contribution in [0, 0.1) is 0 Å². The summed E-state index contributed by atoms with van der Waals surface area (Å²) < 4.78 is 0. The Morgan fingerprint density at radius 2 is 2.18 bits per heavy atom. The lowest BCUT2D eigenvalue weighted by Crippen LogP contribution is -2.25. The minimum Gasteiger partial charge on any atom is -0.396 e. The van der Waals surface area contributed by atoms with Crippen molar-refractivity contribution in [3.63, 3.8) is 0 Å². The molecule has 1 aromatic carbocycles. The fourth-order valence-electron chi connectivity index (χ4n) is 1.14. The Balaban J connectivity index is 2.37. The lowest BCUT2D eigenvalue weighted by atomic mass is 10.2. The summed E-state index contributed by atoms with van der Waals surface area (Å²) in [6.45, 7) is 0.468. The zero-order chi connectivity index (χ0) is 12.7. The molecule has 3 nitrogen and oxygen atoms in total. The van der Waals surface area contributed by atoms with E-state index in [0.717, 1.165) is 5.56 Å². The van der Waals surface area contributed by atoms with Crippen LogP contribution in [-0.2, 0) is 11.3 Å². The van der Waals surface area contributed by atoms with Crippen molar-refractivity contribution in [2.24, 2.45) is 0 Å². The molecule has 0 radical (unpaired) electrons. The Morgan fingerprint density at radius 3 is 2.82 bits per heavy atom. The van der Waals surface area contributed by atoms with Crippen LogP contribution in [0.15, 0.2) is 18.2 Å². The number of carbonyl (C=O) groups is 1. The first-order valence-corrected chi connectivity index (χ1v) is 6.93. The lowest BCUT2D eigenvalue weighted by molar-refractivity contribution is -0.118. The summed E-state index contributed by atoms with van der Waals surface area (Å²) in [4.78, 5) is 11.4. The highest BCUT2D eigenvalue weighted by Crippen LogP contribution is 2.20. The van der Waals surface area contributed by atoms with Crippen molar-refractivity contribution < 1.29 is 9.90 Å². The molecule has 2 N–H and O–H groups in total. The molecule has 6 heteroatoms. The van der Waals surface area contributed by atoms with Gasteiger partial charge in [-0.2, -0.15) is 0 Å². The standard InChI is InChI=1S/C11H13Cl2NO2S/c12-9-2-1-8(10(13)5-9)6-14-11(16)7-17-4-3-15/h1-2,5,15H,3-4,6-7H2,(H,14,16). The van der Waals surface area contributed by atoms with Gasteiger partial charge in [0.25, 0.3) is 0 Å². The third-order valence-electron chi connectivity index (χ3n) is 1.96. The summed E-state index contributed by atoms with van der Waals surface area (Å²) in [6, 6.07) is 5.16. The van der Waals surface area contributed by atoms with Gasteiger partial charge in [0.15, 0.2) is 0 Å². The number of carbonyl (C=O) groups excluding carboxylic acids is 1. The van der Waals surface area contributed by atoms with Gasteiger partial charge in [-0.1, -0.05) is 29.3 Å². The second-order valence-corrected chi connectivity index (χ2v) is 5.24. The molecule has 17 heavy (non-hydrogen) atoms. The van der Waals surface area contributed by atoms with Gasteiger partial charge in [-0.05, 0) is 17.7 Å². The number of aliphatic hydroxyl groups excluding tert-OH is 1. The van der Waals surface area contributed by atoms with Crippen molar-refractivity contribution >= 4 is 40.9 Å². The molecular weight excluding hydrogens is 281 g/mol. The van der Waals surface area contributed by atoms with Gasteiger partial charge < -0.3 is 10.4 Å². The topological polar surface area (TPSA) is 49.3 Å². The summed E-state index contributed by atoms with van der Waals surface area (Å²) in [5, 5.41) is 12.4. The largest absolute Gasteiger partial charge is 0.396 e. The van der Waals surface area contributed by atoms with E-state index in [9.17, 15) is 4.79 Å². The molecule has 0 aromatic heterocycles. The van der Waals surface area contributed by atoms with E-state index in [-0.39, 0.29) is 12.5 Å². The molecule has 1 rings (SSSR count). The Bertz CT molecular complexity index is 388. The second-order valence-electron chi connectivity index (χ2n) is 3.29. The molecule has 0 aliphatic heterocycles. The number of hydrogen-bond donors (Lipinski definition) is 2. The summed E-state index contributed by atoms with van der Waals surface area (Å²) in [5.74, 6) is 0.829. The van der Waals surface area contributed by atoms with Crippen molar-refractivity contribution in [2.45, 2.75) is 6.54 Å². The molecule has 0 saturated carbocycles. The second kappa shape index (κ2) is 7.82. The van der Waals surface area contributed by atoms with Gasteiger partial charge in [0.1, 0.15) is 0 Å². The van der Waals surface area contributed by atoms with Crippen LogP contribution in [0.2, 0.25) is 10.0 Å². The first-order valence-electron chi connectivity index (χ1n) is 5.02. The molecular formula is C11H13Cl2NO2S.